The van der Waals surface area contributed by atoms with Crippen LogP contribution in [-0.2, 0) is 4.79 Å². The van der Waals surface area contributed by atoms with Crippen molar-refractivity contribution in [3.8, 4) is 0 Å². The third-order valence-electron chi connectivity index (χ3n) is 2.13. The Morgan fingerprint density at radius 3 is 2.64 bits per heavy atom. The highest BCUT2D eigenvalue weighted by Gasteiger charge is 1.99. The van der Waals surface area contributed by atoms with Gasteiger partial charge in [-0.15, -0.1) is 0 Å². The smallest absolute Gasteiger partial charge is 0.209 e. The van der Waals surface area contributed by atoms with Crippen molar-refractivity contribution in [2.24, 2.45) is 0 Å². The number of hydrogen-bond donors (Lipinski definition) is 0. The van der Waals surface area contributed by atoms with Crippen molar-refractivity contribution in [2.45, 2.75) is 6.42 Å². The highest BCUT2D eigenvalue weighted by atomic mass is 16.1. The lowest BCUT2D eigenvalue weighted by Gasteiger charge is -2.11. The molecule has 2 nitrogen and oxygen atoms in total. The van der Waals surface area contributed by atoms with Gasteiger partial charge in [0.1, 0.15) is 0 Å². The second-order valence-corrected chi connectivity index (χ2v) is 3.31. The Morgan fingerprint density at radius 1 is 1.43 bits per heavy atom. The van der Waals surface area contributed by atoms with Crippen molar-refractivity contribution in [1.82, 2.24) is 4.90 Å². The maximum atomic E-state index is 10.4. The summed E-state index contributed by atoms with van der Waals surface area (Å²) >= 11 is 0. The Bertz CT molecular complexity index is 305. The number of carbonyl (C=O) groups is 1. The largest absolute Gasteiger partial charge is 0.348 e. The first-order chi connectivity index (χ1) is 6.74. The van der Waals surface area contributed by atoms with Crippen molar-refractivity contribution < 1.29 is 4.79 Å². The Labute approximate surface area is 84.9 Å². The molecular weight excluding hydrogens is 174 g/mol. The second kappa shape index (κ2) is 5.22. The molecule has 1 aromatic rings. The minimum absolute atomic E-state index is 0.719. The van der Waals surface area contributed by atoms with Crippen molar-refractivity contribution in [3.05, 3.63) is 42.5 Å². The summed E-state index contributed by atoms with van der Waals surface area (Å²) < 4.78 is 0. The topological polar surface area (TPSA) is 20.3 Å². The van der Waals surface area contributed by atoms with Crippen LogP contribution in [0.3, 0.4) is 0 Å². The maximum absolute atomic E-state index is 10.4. The molecule has 1 amide bonds. The van der Waals surface area contributed by atoms with Crippen LogP contribution in [0.2, 0.25) is 0 Å². The predicted octanol–water partition coefficient (Wildman–Crippen LogP) is 2.18. The van der Waals surface area contributed by atoms with E-state index in [0.29, 0.717) is 0 Å². The third kappa shape index (κ3) is 3.05. The van der Waals surface area contributed by atoms with Crippen molar-refractivity contribution >= 4 is 12.0 Å². The summed E-state index contributed by atoms with van der Waals surface area (Å²) in [5.41, 5.74) is 2.21. The molecule has 0 aliphatic rings. The highest BCUT2D eigenvalue weighted by Crippen LogP contribution is 2.15. The summed E-state index contributed by atoms with van der Waals surface area (Å²) in [6, 6.07) is 10.0. The van der Waals surface area contributed by atoms with Crippen LogP contribution < -0.4 is 0 Å². The number of rotatable bonds is 5. The number of benzene rings is 1. The molecule has 0 saturated carbocycles. The summed E-state index contributed by atoms with van der Waals surface area (Å²) in [5.74, 6) is 0. The third-order valence-corrected chi connectivity index (χ3v) is 2.13. The minimum atomic E-state index is 0.719. The number of amides is 1. The van der Waals surface area contributed by atoms with E-state index < -0.39 is 0 Å². The van der Waals surface area contributed by atoms with Crippen LogP contribution in [0.15, 0.2) is 36.9 Å². The fraction of sp³-hybridized carbons (Fsp3) is 0.250. The van der Waals surface area contributed by atoms with E-state index in [1.807, 2.05) is 30.3 Å². The van der Waals surface area contributed by atoms with Crippen molar-refractivity contribution in [2.75, 3.05) is 13.6 Å². The average Bonchev–Trinajstić information content (AvgIpc) is 2.26. The van der Waals surface area contributed by atoms with Crippen LogP contribution in [0, 0.1) is 0 Å². The molecule has 1 aromatic carbocycles. The van der Waals surface area contributed by atoms with Crippen LogP contribution in [0.4, 0.5) is 0 Å². The zero-order valence-corrected chi connectivity index (χ0v) is 8.44. The quantitative estimate of drug-likeness (QED) is 0.650. The normalized spacial score (nSPS) is 9.50. The van der Waals surface area contributed by atoms with E-state index in [2.05, 4.69) is 6.58 Å². The van der Waals surface area contributed by atoms with Gasteiger partial charge in [-0.2, -0.15) is 0 Å². The Kier molecular flexibility index (Phi) is 3.92. The predicted molar refractivity (Wildman–Crippen MR) is 58.8 cm³/mol. The van der Waals surface area contributed by atoms with Gasteiger partial charge < -0.3 is 4.90 Å². The first-order valence-electron chi connectivity index (χ1n) is 4.63. The van der Waals surface area contributed by atoms with Crippen molar-refractivity contribution in [1.29, 1.82) is 0 Å². The summed E-state index contributed by atoms with van der Waals surface area (Å²) in [4.78, 5) is 12.0. The van der Waals surface area contributed by atoms with Gasteiger partial charge in [0.15, 0.2) is 0 Å². The summed E-state index contributed by atoms with van der Waals surface area (Å²) in [6.45, 7) is 4.71. The molecule has 0 aromatic heterocycles. The lowest BCUT2D eigenvalue weighted by atomic mass is 10.1. The van der Waals surface area contributed by atoms with Gasteiger partial charge in [0, 0.05) is 13.6 Å². The summed E-state index contributed by atoms with van der Waals surface area (Å²) in [7, 11) is 1.77. The van der Waals surface area contributed by atoms with Crippen LogP contribution >= 0.6 is 0 Å². The van der Waals surface area contributed by atoms with Crippen LogP contribution in [0.1, 0.15) is 12.0 Å². The zero-order chi connectivity index (χ0) is 10.4. The van der Waals surface area contributed by atoms with E-state index in [4.69, 9.17) is 0 Å². The lowest BCUT2D eigenvalue weighted by molar-refractivity contribution is -0.116. The molecular formula is C12H15NO. The fourth-order valence-electron chi connectivity index (χ4n) is 1.18. The van der Waals surface area contributed by atoms with Gasteiger partial charge in [-0.1, -0.05) is 36.9 Å². The molecule has 0 heterocycles. The molecule has 0 fully saturated rings. The molecule has 0 saturated heterocycles. The standard InChI is InChI=1S/C12H15NO/c1-11(8-9-13(2)10-14)12-6-4-3-5-7-12/h3-7,10H,1,8-9H2,2H3. The first kappa shape index (κ1) is 10.5. The molecule has 0 aliphatic carbocycles. The average molecular weight is 189 g/mol. The fourth-order valence-corrected chi connectivity index (χ4v) is 1.18. The van der Waals surface area contributed by atoms with E-state index in [1.54, 1.807) is 11.9 Å². The molecule has 74 valence electrons. The molecule has 2 heteroatoms. The van der Waals surface area contributed by atoms with E-state index in [9.17, 15) is 4.79 Å². The monoisotopic (exact) mass is 189 g/mol. The lowest BCUT2D eigenvalue weighted by Crippen LogP contribution is -2.17. The van der Waals surface area contributed by atoms with E-state index in [-0.39, 0.29) is 0 Å². The Hall–Kier alpha value is -1.57. The Balaban J connectivity index is 2.47. The maximum Gasteiger partial charge on any atom is 0.209 e. The van der Waals surface area contributed by atoms with Gasteiger partial charge >= 0.3 is 0 Å². The van der Waals surface area contributed by atoms with Gasteiger partial charge in [-0.05, 0) is 17.6 Å². The van der Waals surface area contributed by atoms with Gasteiger partial charge in [-0.3, -0.25) is 4.79 Å². The van der Waals surface area contributed by atoms with Gasteiger partial charge in [0.2, 0.25) is 6.41 Å². The van der Waals surface area contributed by atoms with Gasteiger partial charge in [-0.25, -0.2) is 0 Å². The van der Waals surface area contributed by atoms with E-state index in [0.717, 1.165) is 30.5 Å². The van der Waals surface area contributed by atoms with Gasteiger partial charge in [0.05, 0.1) is 0 Å². The van der Waals surface area contributed by atoms with Crippen molar-refractivity contribution in [3.63, 3.8) is 0 Å². The number of hydrogen-bond acceptors (Lipinski definition) is 1. The minimum Gasteiger partial charge on any atom is -0.348 e. The molecule has 14 heavy (non-hydrogen) atoms. The molecule has 0 radical (unpaired) electrons. The molecule has 0 bridgehead atoms. The first-order valence-corrected chi connectivity index (χ1v) is 4.63. The molecule has 1 rings (SSSR count). The van der Waals surface area contributed by atoms with Gasteiger partial charge in [0.25, 0.3) is 0 Å². The summed E-state index contributed by atoms with van der Waals surface area (Å²) in [6.07, 6.45) is 1.65. The SMILES string of the molecule is C=C(CCN(C)C=O)c1ccccc1. The molecule has 0 unspecified atom stereocenters. The number of nitrogens with zero attached hydrogens (tertiary/aromatic N) is 1. The van der Waals surface area contributed by atoms with E-state index >= 15 is 0 Å². The zero-order valence-electron chi connectivity index (χ0n) is 8.44. The highest BCUT2D eigenvalue weighted by molar-refractivity contribution is 5.63. The van der Waals surface area contributed by atoms with Crippen LogP contribution in [0.25, 0.3) is 5.57 Å². The second-order valence-electron chi connectivity index (χ2n) is 3.31. The molecule has 0 aliphatic heterocycles. The van der Waals surface area contributed by atoms with Crippen LogP contribution in [-0.4, -0.2) is 24.9 Å². The van der Waals surface area contributed by atoms with E-state index in [1.165, 1.54) is 0 Å². The molecule has 0 atom stereocenters. The molecule has 0 spiro atoms. The van der Waals surface area contributed by atoms with Crippen LogP contribution in [0.5, 0.6) is 0 Å². The molecule has 0 N–H and O–H groups in total. The Morgan fingerprint density at radius 2 is 2.07 bits per heavy atom. The summed E-state index contributed by atoms with van der Waals surface area (Å²) in [5, 5.41) is 0. The number of carbonyl (C=O) groups excluding carboxylic acids is 1.